The fraction of sp³-hybridized carbons (Fsp3) is 0.250. The van der Waals surface area contributed by atoms with Crippen LogP contribution in [-0.4, -0.2) is 18.6 Å². The Hall–Kier alpha value is -2.27. The van der Waals surface area contributed by atoms with Crippen LogP contribution in [0.5, 0.6) is 11.5 Å². The first-order chi connectivity index (χ1) is 11.9. The topological polar surface area (TPSA) is 47.6 Å². The number of carbonyl (C=O) groups excluding carboxylic acids is 1. The minimum Gasteiger partial charge on any atom is -0.490 e. The molecule has 5 heteroatoms. The molecular formula is C20H22BrNO3. The molecule has 1 N–H and O–H groups in total. The number of carbonyl (C=O) groups is 1. The summed E-state index contributed by atoms with van der Waals surface area (Å²) in [6.45, 7) is 9.95. The van der Waals surface area contributed by atoms with Crippen LogP contribution in [0.2, 0.25) is 0 Å². The van der Waals surface area contributed by atoms with E-state index in [1.165, 1.54) is 0 Å². The predicted octanol–water partition coefficient (Wildman–Crippen LogP) is 5.44. The van der Waals surface area contributed by atoms with Gasteiger partial charge in [-0.2, -0.15) is 0 Å². The second-order valence-electron chi connectivity index (χ2n) is 6.00. The largest absolute Gasteiger partial charge is 0.490 e. The Labute approximate surface area is 157 Å². The molecule has 0 fully saturated rings. The summed E-state index contributed by atoms with van der Waals surface area (Å²) in [5.41, 5.74) is 1.96. The molecule has 0 aliphatic rings. The fourth-order valence-corrected chi connectivity index (χ4v) is 2.48. The van der Waals surface area contributed by atoms with E-state index in [2.05, 4.69) is 27.8 Å². The fourth-order valence-electron chi connectivity index (χ4n) is 2.12. The van der Waals surface area contributed by atoms with Gasteiger partial charge in [0.25, 0.3) is 5.91 Å². The SMILES string of the molecule is C=C(C)COc1ccccc1NC(=O)c1cc(Br)ccc1OC(C)C. The molecule has 0 radical (unpaired) electrons. The summed E-state index contributed by atoms with van der Waals surface area (Å²) in [6, 6.07) is 12.7. The van der Waals surface area contributed by atoms with Gasteiger partial charge in [0.05, 0.1) is 17.4 Å². The molecule has 2 rings (SSSR count). The second kappa shape index (κ2) is 8.72. The number of hydrogen-bond donors (Lipinski definition) is 1. The smallest absolute Gasteiger partial charge is 0.259 e. The molecule has 0 heterocycles. The van der Waals surface area contributed by atoms with Gasteiger partial charge in [0, 0.05) is 4.47 Å². The summed E-state index contributed by atoms with van der Waals surface area (Å²) in [5, 5.41) is 2.90. The van der Waals surface area contributed by atoms with Crippen LogP contribution in [0.1, 0.15) is 31.1 Å². The van der Waals surface area contributed by atoms with Gasteiger partial charge in [-0.1, -0.05) is 34.6 Å². The number of ether oxygens (including phenoxy) is 2. The molecule has 0 aliphatic heterocycles. The van der Waals surface area contributed by atoms with Gasteiger partial charge in [-0.3, -0.25) is 4.79 Å². The van der Waals surface area contributed by atoms with Crippen molar-refractivity contribution in [2.45, 2.75) is 26.9 Å². The van der Waals surface area contributed by atoms with E-state index in [1.807, 2.05) is 45.0 Å². The van der Waals surface area contributed by atoms with Crippen LogP contribution >= 0.6 is 15.9 Å². The number of halogens is 1. The molecule has 0 unspecified atom stereocenters. The zero-order valence-corrected chi connectivity index (χ0v) is 16.2. The normalized spacial score (nSPS) is 10.4. The van der Waals surface area contributed by atoms with Crippen LogP contribution in [0.4, 0.5) is 5.69 Å². The first-order valence-corrected chi connectivity index (χ1v) is 8.80. The first-order valence-electron chi connectivity index (χ1n) is 8.00. The minimum absolute atomic E-state index is 0.0288. The Bertz CT molecular complexity index is 771. The highest BCUT2D eigenvalue weighted by molar-refractivity contribution is 9.10. The Morgan fingerprint density at radius 3 is 2.60 bits per heavy atom. The highest BCUT2D eigenvalue weighted by atomic mass is 79.9. The molecule has 1 amide bonds. The molecule has 0 saturated heterocycles. The molecule has 0 spiro atoms. The minimum atomic E-state index is -0.261. The second-order valence-corrected chi connectivity index (χ2v) is 6.92. The Kier molecular flexibility index (Phi) is 6.65. The maximum absolute atomic E-state index is 12.8. The Morgan fingerprint density at radius 1 is 1.20 bits per heavy atom. The van der Waals surface area contributed by atoms with Crippen LogP contribution in [0.3, 0.4) is 0 Å². The highest BCUT2D eigenvalue weighted by Crippen LogP contribution is 2.28. The molecule has 4 nitrogen and oxygen atoms in total. The lowest BCUT2D eigenvalue weighted by atomic mass is 10.1. The summed E-state index contributed by atoms with van der Waals surface area (Å²) in [7, 11) is 0. The van der Waals surface area contributed by atoms with Crippen LogP contribution in [0, 0.1) is 0 Å². The maximum Gasteiger partial charge on any atom is 0.259 e. The van der Waals surface area contributed by atoms with Crippen LogP contribution in [0.15, 0.2) is 59.1 Å². The molecule has 0 atom stereocenters. The van der Waals surface area contributed by atoms with Crippen LogP contribution < -0.4 is 14.8 Å². The van der Waals surface area contributed by atoms with Crippen molar-refractivity contribution in [3.05, 3.63) is 64.7 Å². The van der Waals surface area contributed by atoms with Crippen molar-refractivity contribution in [2.24, 2.45) is 0 Å². The summed E-state index contributed by atoms with van der Waals surface area (Å²) in [4.78, 5) is 12.8. The number of benzene rings is 2. The van der Waals surface area contributed by atoms with E-state index in [0.717, 1.165) is 10.0 Å². The molecule has 132 valence electrons. The summed E-state index contributed by atoms with van der Waals surface area (Å²) >= 11 is 3.40. The lowest BCUT2D eigenvalue weighted by Crippen LogP contribution is -2.16. The maximum atomic E-state index is 12.8. The third-order valence-electron chi connectivity index (χ3n) is 3.16. The molecule has 2 aromatic carbocycles. The average Bonchev–Trinajstić information content (AvgIpc) is 2.55. The van der Waals surface area contributed by atoms with Crippen molar-refractivity contribution in [3.63, 3.8) is 0 Å². The van der Waals surface area contributed by atoms with Crippen LogP contribution in [-0.2, 0) is 0 Å². The molecule has 0 aromatic heterocycles. The zero-order valence-electron chi connectivity index (χ0n) is 14.6. The molecule has 2 aromatic rings. The van der Waals surface area contributed by atoms with Crippen molar-refractivity contribution >= 4 is 27.5 Å². The van der Waals surface area contributed by atoms with Crippen molar-refractivity contribution in [1.29, 1.82) is 0 Å². The number of rotatable bonds is 7. The van der Waals surface area contributed by atoms with Gasteiger partial charge < -0.3 is 14.8 Å². The molecule has 0 saturated carbocycles. The van der Waals surface area contributed by atoms with Gasteiger partial charge in [-0.15, -0.1) is 0 Å². The summed E-state index contributed by atoms with van der Waals surface area (Å²) in [6.07, 6.45) is -0.0288. The number of nitrogens with one attached hydrogen (secondary N) is 1. The van der Waals surface area contributed by atoms with Crippen molar-refractivity contribution in [3.8, 4) is 11.5 Å². The van der Waals surface area contributed by atoms with E-state index in [9.17, 15) is 4.79 Å². The third-order valence-corrected chi connectivity index (χ3v) is 3.65. The number of hydrogen-bond acceptors (Lipinski definition) is 3. The van der Waals surface area contributed by atoms with Crippen LogP contribution in [0.25, 0.3) is 0 Å². The lowest BCUT2D eigenvalue weighted by Gasteiger charge is -2.16. The van der Waals surface area contributed by atoms with Crippen molar-refractivity contribution in [2.75, 3.05) is 11.9 Å². The zero-order chi connectivity index (χ0) is 18.4. The summed E-state index contributed by atoms with van der Waals surface area (Å²) < 4.78 is 12.2. The van der Waals surface area contributed by atoms with E-state index in [0.29, 0.717) is 29.4 Å². The molecule has 25 heavy (non-hydrogen) atoms. The number of anilines is 1. The highest BCUT2D eigenvalue weighted by Gasteiger charge is 2.16. The molecular weight excluding hydrogens is 382 g/mol. The van der Waals surface area contributed by atoms with E-state index < -0.39 is 0 Å². The van der Waals surface area contributed by atoms with Crippen molar-refractivity contribution < 1.29 is 14.3 Å². The van der Waals surface area contributed by atoms with Gasteiger partial charge in [-0.05, 0) is 56.7 Å². The van der Waals surface area contributed by atoms with Gasteiger partial charge >= 0.3 is 0 Å². The van der Waals surface area contributed by atoms with Gasteiger partial charge in [-0.25, -0.2) is 0 Å². The lowest BCUT2D eigenvalue weighted by molar-refractivity contribution is 0.102. The quantitative estimate of drug-likeness (QED) is 0.625. The Balaban J connectivity index is 2.25. The predicted molar refractivity (Wildman–Crippen MR) is 105 cm³/mol. The van der Waals surface area contributed by atoms with E-state index in [4.69, 9.17) is 9.47 Å². The average molecular weight is 404 g/mol. The number of para-hydroxylation sites is 2. The molecule has 0 bridgehead atoms. The first kappa shape index (κ1) is 19.1. The van der Waals surface area contributed by atoms with Gasteiger partial charge in [0.2, 0.25) is 0 Å². The standard InChI is InChI=1S/C20H22BrNO3/c1-13(2)12-24-19-8-6-5-7-17(19)22-20(23)16-11-15(21)9-10-18(16)25-14(3)4/h5-11,14H,1,12H2,2-4H3,(H,22,23). The summed E-state index contributed by atoms with van der Waals surface area (Å²) in [5.74, 6) is 0.875. The van der Waals surface area contributed by atoms with E-state index in [-0.39, 0.29) is 12.0 Å². The van der Waals surface area contributed by atoms with Crippen molar-refractivity contribution in [1.82, 2.24) is 0 Å². The van der Waals surface area contributed by atoms with Gasteiger partial charge in [0.15, 0.2) is 0 Å². The van der Waals surface area contributed by atoms with E-state index in [1.54, 1.807) is 18.2 Å². The monoisotopic (exact) mass is 403 g/mol. The third kappa shape index (κ3) is 5.64. The van der Waals surface area contributed by atoms with Gasteiger partial charge in [0.1, 0.15) is 18.1 Å². The Morgan fingerprint density at radius 2 is 1.92 bits per heavy atom. The molecule has 0 aliphatic carbocycles. The van der Waals surface area contributed by atoms with E-state index >= 15 is 0 Å². The number of amides is 1.